The number of carbonyl (C=O) groups is 1. The second kappa shape index (κ2) is 8.27. The van der Waals surface area contributed by atoms with Gasteiger partial charge in [0.15, 0.2) is 0 Å². The van der Waals surface area contributed by atoms with Crippen LogP contribution in [0.15, 0.2) is 60.8 Å². The molecule has 3 saturated heterocycles. The van der Waals surface area contributed by atoms with Gasteiger partial charge in [0.25, 0.3) is 0 Å². The van der Waals surface area contributed by atoms with Crippen molar-refractivity contribution in [2.24, 2.45) is 11.8 Å². The molecule has 2 bridgehead atoms. The monoisotopic (exact) mass is 415 g/mol. The maximum absolute atomic E-state index is 12.5. The van der Waals surface area contributed by atoms with Crippen molar-refractivity contribution in [2.45, 2.75) is 25.4 Å². The van der Waals surface area contributed by atoms with E-state index in [0.717, 1.165) is 43.7 Å². The van der Waals surface area contributed by atoms with Crippen molar-refractivity contribution in [1.82, 2.24) is 24.8 Å². The second-order valence-electron chi connectivity index (χ2n) is 9.04. The van der Waals surface area contributed by atoms with Gasteiger partial charge < -0.3 is 4.90 Å². The van der Waals surface area contributed by atoms with Crippen LogP contribution in [0.4, 0.5) is 0 Å². The summed E-state index contributed by atoms with van der Waals surface area (Å²) in [5.41, 5.74) is 4.39. The SMILES string of the molecule is CN(C)C(=O)[C@@H]1CN2CC[C@H]1C[C@@H]2Cn1cc(-c2ccc(-c3ccccc3)cc2)nn1. The molecule has 6 heteroatoms. The number of benzene rings is 2. The van der Waals surface area contributed by atoms with Crippen LogP contribution in [-0.2, 0) is 11.3 Å². The largest absolute Gasteiger partial charge is 0.349 e. The highest BCUT2D eigenvalue weighted by atomic mass is 16.2. The first-order valence-electron chi connectivity index (χ1n) is 11.1. The van der Waals surface area contributed by atoms with Crippen LogP contribution in [0, 0.1) is 11.8 Å². The Balaban J connectivity index is 1.25. The van der Waals surface area contributed by atoms with Crippen LogP contribution in [0.1, 0.15) is 12.8 Å². The molecule has 4 atom stereocenters. The van der Waals surface area contributed by atoms with Gasteiger partial charge >= 0.3 is 0 Å². The van der Waals surface area contributed by atoms with E-state index >= 15 is 0 Å². The number of hydrogen-bond acceptors (Lipinski definition) is 4. The lowest BCUT2D eigenvalue weighted by atomic mass is 9.75. The van der Waals surface area contributed by atoms with Gasteiger partial charge in [0, 0.05) is 32.2 Å². The lowest BCUT2D eigenvalue weighted by Gasteiger charge is -2.49. The molecule has 160 valence electrons. The zero-order valence-corrected chi connectivity index (χ0v) is 18.2. The Bertz CT molecular complexity index is 1040. The summed E-state index contributed by atoms with van der Waals surface area (Å²) < 4.78 is 1.97. The van der Waals surface area contributed by atoms with E-state index in [9.17, 15) is 4.79 Å². The van der Waals surface area contributed by atoms with E-state index in [2.05, 4.69) is 63.7 Å². The maximum Gasteiger partial charge on any atom is 0.226 e. The Morgan fingerprint density at radius 2 is 1.74 bits per heavy atom. The van der Waals surface area contributed by atoms with Crippen molar-refractivity contribution in [2.75, 3.05) is 27.2 Å². The molecule has 1 amide bonds. The number of fused-ring (bicyclic) bond motifs is 3. The van der Waals surface area contributed by atoms with Gasteiger partial charge in [0.05, 0.1) is 18.7 Å². The van der Waals surface area contributed by atoms with Crippen LogP contribution in [-0.4, -0.2) is 63.9 Å². The number of piperidine rings is 3. The highest BCUT2D eigenvalue weighted by molar-refractivity contribution is 5.79. The molecule has 0 aliphatic carbocycles. The minimum Gasteiger partial charge on any atom is -0.349 e. The van der Waals surface area contributed by atoms with Gasteiger partial charge in [-0.3, -0.25) is 14.4 Å². The van der Waals surface area contributed by atoms with Gasteiger partial charge in [0.2, 0.25) is 5.91 Å². The van der Waals surface area contributed by atoms with Gasteiger partial charge in [0.1, 0.15) is 5.69 Å². The molecule has 3 aliphatic heterocycles. The summed E-state index contributed by atoms with van der Waals surface area (Å²) in [4.78, 5) is 16.7. The normalized spacial score (nSPS) is 24.8. The molecule has 0 radical (unpaired) electrons. The maximum atomic E-state index is 12.5. The van der Waals surface area contributed by atoms with Crippen LogP contribution in [0.5, 0.6) is 0 Å². The van der Waals surface area contributed by atoms with Gasteiger partial charge in [-0.05, 0) is 36.4 Å². The fraction of sp³-hybridized carbons (Fsp3) is 0.400. The third-order valence-corrected chi connectivity index (χ3v) is 6.86. The van der Waals surface area contributed by atoms with Gasteiger partial charge in [-0.1, -0.05) is 59.8 Å². The molecular weight excluding hydrogens is 386 g/mol. The van der Waals surface area contributed by atoms with Gasteiger partial charge in [-0.15, -0.1) is 5.10 Å². The van der Waals surface area contributed by atoms with Crippen molar-refractivity contribution in [3.63, 3.8) is 0 Å². The van der Waals surface area contributed by atoms with Crippen LogP contribution >= 0.6 is 0 Å². The van der Waals surface area contributed by atoms with E-state index in [4.69, 9.17) is 0 Å². The van der Waals surface area contributed by atoms with E-state index in [1.807, 2.05) is 31.0 Å². The third kappa shape index (κ3) is 4.00. The third-order valence-electron chi connectivity index (χ3n) is 6.86. The molecule has 1 unspecified atom stereocenters. The molecule has 6 rings (SSSR count). The van der Waals surface area contributed by atoms with Crippen LogP contribution in [0.3, 0.4) is 0 Å². The van der Waals surface area contributed by atoms with Crippen LogP contribution < -0.4 is 0 Å². The predicted molar refractivity (Wildman–Crippen MR) is 121 cm³/mol. The minimum absolute atomic E-state index is 0.148. The summed E-state index contributed by atoms with van der Waals surface area (Å²) in [6.07, 6.45) is 4.23. The average Bonchev–Trinajstić information content (AvgIpc) is 3.28. The molecule has 4 heterocycles. The molecule has 3 fully saturated rings. The van der Waals surface area contributed by atoms with Crippen molar-refractivity contribution >= 4 is 5.91 Å². The molecule has 3 aliphatic rings. The summed E-state index contributed by atoms with van der Waals surface area (Å²) in [5.74, 6) is 0.906. The highest BCUT2D eigenvalue weighted by Crippen LogP contribution is 2.37. The molecule has 0 spiro atoms. The fourth-order valence-electron chi connectivity index (χ4n) is 5.14. The van der Waals surface area contributed by atoms with E-state index < -0.39 is 0 Å². The van der Waals surface area contributed by atoms with Crippen LogP contribution in [0.25, 0.3) is 22.4 Å². The van der Waals surface area contributed by atoms with E-state index in [1.165, 1.54) is 11.1 Å². The van der Waals surface area contributed by atoms with Crippen molar-refractivity contribution < 1.29 is 4.79 Å². The fourth-order valence-corrected chi connectivity index (χ4v) is 5.14. The first kappa shape index (κ1) is 19.9. The van der Waals surface area contributed by atoms with Gasteiger partial charge in [-0.25, -0.2) is 0 Å². The minimum atomic E-state index is 0.148. The Morgan fingerprint density at radius 3 is 2.42 bits per heavy atom. The molecule has 2 aromatic carbocycles. The molecule has 6 nitrogen and oxygen atoms in total. The number of rotatable bonds is 5. The average molecular weight is 416 g/mol. The molecule has 0 N–H and O–H groups in total. The molecular formula is C25H29N5O. The molecule has 0 saturated carbocycles. The highest BCUT2D eigenvalue weighted by Gasteiger charge is 2.43. The van der Waals surface area contributed by atoms with E-state index in [1.54, 1.807) is 4.90 Å². The number of aromatic nitrogens is 3. The predicted octanol–water partition coefficient (Wildman–Crippen LogP) is 3.41. The smallest absolute Gasteiger partial charge is 0.226 e. The van der Waals surface area contributed by atoms with Gasteiger partial charge in [-0.2, -0.15) is 0 Å². The Kier molecular flexibility index (Phi) is 5.32. The standard InChI is InChI=1S/C25H29N5O/c1-28(2)25(31)23-16-29-13-12-21(23)14-22(29)15-30-17-24(26-27-30)20-10-8-19(9-11-20)18-6-4-3-5-7-18/h3-11,17,21-23H,12-16H2,1-2H3/t21-,22+,23+/m0/s1. The second-order valence-corrected chi connectivity index (χ2v) is 9.04. The summed E-state index contributed by atoms with van der Waals surface area (Å²) in [6.45, 7) is 2.78. The lowest BCUT2D eigenvalue weighted by molar-refractivity contribution is -0.141. The molecule has 1 aromatic heterocycles. The number of carbonyl (C=O) groups excluding carboxylic acids is 1. The first-order valence-corrected chi connectivity index (χ1v) is 11.1. The Morgan fingerprint density at radius 1 is 1.03 bits per heavy atom. The Labute approximate surface area is 183 Å². The number of hydrogen-bond donors (Lipinski definition) is 0. The Hall–Kier alpha value is -2.99. The van der Waals surface area contributed by atoms with Crippen molar-refractivity contribution in [3.05, 3.63) is 60.8 Å². The summed E-state index contributed by atoms with van der Waals surface area (Å²) >= 11 is 0. The molecule has 31 heavy (non-hydrogen) atoms. The van der Waals surface area contributed by atoms with E-state index in [0.29, 0.717) is 12.0 Å². The summed E-state index contributed by atoms with van der Waals surface area (Å²) in [5, 5.41) is 8.81. The van der Waals surface area contributed by atoms with E-state index in [-0.39, 0.29) is 11.8 Å². The number of nitrogens with zero attached hydrogens (tertiary/aromatic N) is 5. The topological polar surface area (TPSA) is 54.3 Å². The van der Waals surface area contributed by atoms with Crippen LogP contribution in [0.2, 0.25) is 0 Å². The first-order chi connectivity index (χ1) is 15.1. The van der Waals surface area contributed by atoms with Crippen molar-refractivity contribution in [1.29, 1.82) is 0 Å². The zero-order chi connectivity index (χ0) is 21.4. The summed E-state index contributed by atoms with van der Waals surface area (Å²) in [7, 11) is 3.72. The lowest BCUT2D eigenvalue weighted by Crippen LogP contribution is -2.57. The number of amides is 1. The zero-order valence-electron chi connectivity index (χ0n) is 18.2. The summed E-state index contributed by atoms with van der Waals surface area (Å²) in [6, 6.07) is 19.3. The quantitative estimate of drug-likeness (QED) is 0.641. The molecule has 3 aromatic rings. The van der Waals surface area contributed by atoms with Crippen molar-refractivity contribution in [3.8, 4) is 22.4 Å².